The fourth-order valence-corrected chi connectivity index (χ4v) is 3.72. The van der Waals surface area contributed by atoms with Crippen LogP contribution in [-0.4, -0.2) is 37.4 Å². The summed E-state index contributed by atoms with van der Waals surface area (Å²) in [5, 5.41) is 11.2. The minimum atomic E-state index is -0.669. The minimum Gasteiger partial charge on any atom is -0.323 e. The number of rotatable bonds is 4. The quantitative estimate of drug-likeness (QED) is 0.859. The van der Waals surface area contributed by atoms with Crippen molar-refractivity contribution in [2.45, 2.75) is 70.0 Å². The van der Waals surface area contributed by atoms with E-state index in [4.69, 9.17) is 0 Å². The van der Waals surface area contributed by atoms with Crippen molar-refractivity contribution in [1.29, 1.82) is 0 Å². The normalized spacial score (nSPS) is 24.1. The summed E-state index contributed by atoms with van der Waals surface area (Å²) in [6, 6.07) is -0.284. The second-order valence-corrected chi connectivity index (χ2v) is 7.19. The first-order valence-corrected chi connectivity index (χ1v) is 8.69. The van der Waals surface area contributed by atoms with E-state index in [9.17, 15) is 9.59 Å². The summed E-state index contributed by atoms with van der Waals surface area (Å²) in [6.07, 6.45) is 10.1. The molecule has 0 bridgehead atoms. The van der Waals surface area contributed by atoms with Crippen LogP contribution < -0.4 is 5.32 Å². The number of nitrogens with one attached hydrogen (secondary N) is 1. The molecule has 23 heavy (non-hydrogen) atoms. The van der Waals surface area contributed by atoms with E-state index in [0.29, 0.717) is 5.69 Å². The van der Waals surface area contributed by atoms with Gasteiger partial charge < -0.3 is 5.32 Å². The van der Waals surface area contributed by atoms with Crippen molar-refractivity contribution in [2.75, 3.05) is 0 Å². The van der Waals surface area contributed by atoms with Crippen LogP contribution in [-0.2, 0) is 17.9 Å². The van der Waals surface area contributed by atoms with Crippen LogP contribution in [0.2, 0.25) is 0 Å². The number of imide groups is 1. The van der Waals surface area contributed by atoms with Gasteiger partial charge in [0.1, 0.15) is 11.2 Å². The number of urea groups is 1. The van der Waals surface area contributed by atoms with Gasteiger partial charge in [-0.3, -0.25) is 14.4 Å². The van der Waals surface area contributed by atoms with E-state index >= 15 is 0 Å². The number of hydrogen-bond acceptors (Lipinski definition) is 4. The van der Waals surface area contributed by atoms with Crippen molar-refractivity contribution in [3.8, 4) is 0 Å². The van der Waals surface area contributed by atoms with Crippen molar-refractivity contribution in [3.05, 3.63) is 11.9 Å². The molecule has 7 heteroatoms. The average Bonchev–Trinajstić information content (AvgIpc) is 3.24. The van der Waals surface area contributed by atoms with Crippen LogP contribution in [0.1, 0.15) is 57.1 Å². The number of amides is 3. The molecular weight excluding hydrogens is 294 g/mol. The molecule has 0 unspecified atom stereocenters. The molecule has 1 saturated heterocycles. The zero-order valence-corrected chi connectivity index (χ0v) is 13.3. The molecule has 4 rings (SSSR count). The Morgan fingerprint density at radius 2 is 1.91 bits per heavy atom. The number of hydrogen-bond donors (Lipinski definition) is 1. The fourth-order valence-electron chi connectivity index (χ4n) is 3.72. The van der Waals surface area contributed by atoms with E-state index in [2.05, 4.69) is 15.6 Å². The molecule has 3 amide bonds. The number of nitrogens with zero attached hydrogens (tertiary/aromatic N) is 4. The molecule has 2 heterocycles. The Balaban J connectivity index is 1.46. The third-order valence-electron chi connectivity index (χ3n) is 5.25. The second kappa shape index (κ2) is 5.62. The Hall–Kier alpha value is -1.92. The highest BCUT2D eigenvalue weighted by atomic mass is 16.2. The van der Waals surface area contributed by atoms with Gasteiger partial charge in [0.05, 0.1) is 12.7 Å². The SMILES string of the molecule is O=C1NC2(CCCCCC2)C(=O)N1Cc1cn(CC2CC2)nn1. The summed E-state index contributed by atoms with van der Waals surface area (Å²) in [7, 11) is 0. The van der Waals surface area contributed by atoms with Gasteiger partial charge in [-0.15, -0.1) is 5.10 Å². The molecule has 1 aromatic heterocycles. The second-order valence-electron chi connectivity index (χ2n) is 7.19. The summed E-state index contributed by atoms with van der Waals surface area (Å²) in [5.74, 6) is 0.636. The Morgan fingerprint density at radius 3 is 2.61 bits per heavy atom. The first kappa shape index (κ1) is 14.7. The monoisotopic (exact) mass is 317 g/mol. The van der Waals surface area contributed by atoms with Gasteiger partial charge in [0.15, 0.2) is 0 Å². The van der Waals surface area contributed by atoms with Crippen LogP contribution >= 0.6 is 0 Å². The van der Waals surface area contributed by atoms with Gasteiger partial charge in [-0.2, -0.15) is 0 Å². The lowest BCUT2D eigenvalue weighted by molar-refractivity contribution is -0.132. The molecule has 1 N–H and O–H groups in total. The summed E-state index contributed by atoms with van der Waals surface area (Å²) < 4.78 is 1.83. The molecule has 124 valence electrons. The summed E-state index contributed by atoms with van der Waals surface area (Å²) in [4.78, 5) is 26.5. The molecule has 7 nitrogen and oxygen atoms in total. The van der Waals surface area contributed by atoms with E-state index in [-0.39, 0.29) is 18.5 Å². The van der Waals surface area contributed by atoms with Crippen LogP contribution in [0.4, 0.5) is 4.79 Å². The predicted octanol–water partition coefficient (Wildman–Crippen LogP) is 1.83. The van der Waals surface area contributed by atoms with Gasteiger partial charge in [-0.05, 0) is 31.6 Å². The predicted molar refractivity (Wildman–Crippen MR) is 82.3 cm³/mol. The Morgan fingerprint density at radius 1 is 1.17 bits per heavy atom. The summed E-state index contributed by atoms with van der Waals surface area (Å²) >= 11 is 0. The lowest BCUT2D eigenvalue weighted by Gasteiger charge is -2.24. The van der Waals surface area contributed by atoms with E-state index in [1.807, 2.05) is 10.9 Å². The van der Waals surface area contributed by atoms with E-state index in [0.717, 1.165) is 51.0 Å². The molecule has 0 radical (unpaired) electrons. The van der Waals surface area contributed by atoms with Crippen LogP contribution in [0.3, 0.4) is 0 Å². The van der Waals surface area contributed by atoms with Gasteiger partial charge in [0.2, 0.25) is 0 Å². The summed E-state index contributed by atoms with van der Waals surface area (Å²) in [6.45, 7) is 1.11. The van der Waals surface area contributed by atoms with Gasteiger partial charge in [-0.25, -0.2) is 4.79 Å². The lowest BCUT2D eigenvalue weighted by atomic mass is 9.90. The highest BCUT2D eigenvalue weighted by Gasteiger charge is 2.50. The van der Waals surface area contributed by atoms with Crippen LogP contribution in [0, 0.1) is 5.92 Å². The minimum absolute atomic E-state index is 0.0823. The molecule has 1 aromatic rings. The molecule has 1 spiro atoms. The van der Waals surface area contributed by atoms with Crippen molar-refractivity contribution in [2.24, 2.45) is 5.92 Å². The van der Waals surface area contributed by atoms with Crippen LogP contribution in [0.5, 0.6) is 0 Å². The van der Waals surface area contributed by atoms with Crippen molar-refractivity contribution < 1.29 is 9.59 Å². The largest absolute Gasteiger partial charge is 0.325 e. The zero-order valence-electron chi connectivity index (χ0n) is 13.3. The Bertz CT molecular complexity index is 614. The number of aromatic nitrogens is 3. The van der Waals surface area contributed by atoms with Crippen LogP contribution in [0.15, 0.2) is 6.20 Å². The van der Waals surface area contributed by atoms with Gasteiger partial charge in [0, 0.05) is 6.54 Å². The number of carbonyl (C=O) groups is 2. The molecule has 3 aliphatic rings. The van der Waals surface area contributed by atoms with E-state index in [1.54, 1.807) is 0 Å². The lowest BCUT2D eigenvalue weighted by Crippen LogP contribution is -2.46. The third-order valence-corrected chi connectivity index (χ3v) is 5.25. The standard InChI is InChI=1S/C16H23N5O2/c22-14-16(7-3-1-2-4-8-16)17-15(23)21(14)11-13-10-20(19-18-13)9-12-5-6-12/h10,12H,1-9,11H2,(H,17,23). The molecule has 1 aliphatic heterocycles. The maximum absolute atomic E-state index is 12.8. The Kier molecular flexibility index (Phi) is 3.58. The smallest absolute Gasteiger partial charge is 0.323 e. The van der Waals surface area contributed by atoms with Crippen LogP contribution in [0.25, 0.3) is 0 Å². The average molecular weight is 317 g/mol. The van der Waals surface area contributed by atoms with Gasteiger partial charge in [0.25, 0.3) is 5.91 Å². The molecular formula is C16H23N5O2. The number of carbonyl (C=O) groups excluding carboxylic acids is 2. The molecule has 2 saturated carbocycles. The van der Waals surface area contributed by atoms with E-state index in [1.165, 1.54) is 17.7 Å². The maximum atomic E-state index is 12.8. The third kappa shape index (κ3) is 2.84. The topological polar surface area (TPSA) is 80.1 Å². The zero-order chi connectivity index (χ0) is 15.9. The highest BCUT2D eigenvalue weighted by Crippen LogP contribution is 2.33. The van der Waals surface area contributed by atoms with Crippen molar-refractivity contribution in [1.82, 2.24) is 25.2 Å². The van der Waals surface area contributed by atoms with Crippen molar-refractivity contribution >= 4 is 11.9 Å². The Labute approximate surface area is 135 Å². The fraction of sp³-hybridized carbons (Fsp3) is 0.750. The summed E-state index contributed by atoms with van der Waals surface area (Å²) in [5.41, 5.74) is 0.0113. The van der Waals surface area contributed by atoms with Gasteiger partial charge in [-0.1, -0.05) is 30.9 Å². The highest BCUT2D eigenvalue weighted by molar-refractivity contribution is 6.06. The van der Waals surface area contributed by atoms with Crippen molar-refractivity contribution in [3.63, 3.8) is 0 Å². The molecule has 3 fully saturated rings. The first-order valence-electron chi connectivity index (χ1n) is 8.69. The molecule has 2 aliphatic carbocycles. The van der Waals surface area contributed by atoms with E-state index < -0.39 is 5.54 Å². The first-order chi connectivity index (χ1) is 11.2. The maximum Gasteiger partial charge on any atom is 0.325 e. The van der Waals surface area contributed by atoms with Gasteiger partial charge >= 0.3 is 6.03 Å². The molecule has 0 aromatic carbocycles. The molecule has 0 atom stereocenters.